The Kier molecular flexibility index (Phi) is 8.49. The predicted molar refractivity (Wildman–Crippen MR) is 103 cm³/mol. The van der Waals surface area contributed by atoms with E-state index in [4.69, 9.17) is 10.5 Å². The molecule has 1 aliphatic heterocycles. The number of hydrogen-bond donors (Lipinski definition) is 2. The maximum Gasteiger partial charge on any atom is 0.240 e. The van der Waals surface area contributed by atoms with Gasteiger partial charge in [0.25, 0.3) is 0 Å². The molecule has 0 atom stereocenters. The number of hydrogen-bond acceptors (Lipinski definition) is 5. The van der Waals surface area contributed by atoms with E-state index in [0.29, 0.717) is 26.1 Å². The number of rotatable bonds is 7. The first-order valence-electron chi connectivity index (χ1n) is 8.40. The van der Waals surface area contributed by atoms with E-state index in [2.05, 4.69) is 4.72 Å². The Labute approximate surface area is 161 Å². The van der Waals surface area contributed by atoms with Gasteiger partial charge < -0.3 is 15.4 Å². The van der Waals surface area contributed by atoms with E-state index >= 15 is 0 Å². The van der Waals surface area contributed by atoms with Gasteiger partial charge in [-0.1, -0.05) is 17.7 Å². The molecule has 26 heavy (non-hydrogen) atoms. The molecule has 9 heteroatoms. The number of benzene rings is 1. The summed E-state index contributed by atoms with van der Waals surface area (Å²) in [4.78, 5) is 14.5. The maximum absolute atomic E-state index is 12.7. The van der Waals surface area contributed by atoms with Crippen molar-refractivity contribution in [2.75, 3.05) is 39.9 Å². The molecule has 0 aromatic heterocycles. The molecule has 1 saturated heterocycles. The molecule has 0 saturated carbocycles. The minimum Gasteiger partial charge on any atom is -0.381 e. The molecule has 148 valence electrons. The number of nitrogens with zero attached hydrogens (tertiary/aromatic N) is 1. The van der Waals surface area contributed by atoms with Crippen molar-refractivity contribution in [2.45, 2.75) is 24.7 Å². The van der Waals surface area contributed by atoms with E-state index in [1.54, 1.807) is 36.2 Å². The average molecular weight is 406 g/mol. The minimum absolute atomic E-state index is 0. The van der Waals surface area contributed by atoms with Gasteiger partial charge in [-0.25, -0.2) is 13.1 Å². The van der Waals surface area contributed by atoms with Crippen molar-refractivity contribution in [3.63, 3.8) is 0 Å². The van der Waals surface area contributed by atoms with Gasteiger partial charge in [-0.05, 0) is 31.9 Å². The number of nitrogens with one attached hydrogen (secondary N) is 1. The van der Waals surface area contributed by atoms with Gasteiger partial charge in [-0.3, -0.25) is 4.79 Å². The SMILES string of the molecule is Cc1ccc(S(=O)(=O)NCCN(C)C(=O)C2(CN)CCOCC2)cc1.Cl. The van der Waals surface area contributed by atoms with Crippen LogP contribution in [0.5, 0.6) is 0 Å². The number of halogens is 1. The van der Waals surface area contributed by atoms with E-state index in [1.807, 2.05) is 6.92 Å². The molecule has 2 rings (SSSR count). The summed E-state index contributed by atoms with van der Waals surface area (Å²) in [7, 11) is -1.90. The van der Waals surface area contributed by atoms with Crippen LogP contribution in [0.25, 0.3) is 0 Å². The summed E-state index contributed by atoms with van der Waals surface area (Å²) in [5.41, 5.74) is 6.25. The quantitative estimate of drug-likeness (QED) is 0.702. The number of ether oxygens (including phenoxy) is 1. The molecule has 0 aliphatic carbocycles. The third-order valence-electron chi connectivity index (χ3n) is 4.71. The molecule has 1 amide bonds. The zero-order valence-electron chi connectivity index (χ0n) is 15.2. The highest BCUT2D eigenvalue weighted by Crippen LogP contribution is 2.31. The van der Waals surface area contributed by atoms with Crippen LogP contribution in [0.2, 0.25) is 0 Å². The molecule has 0 unspecified atom stereocenters. The zero-order chi connectivity index (χ0) is 18.5. The van der Waals surface area contributed by atoms with E-state index in [0.717, 1.165) is 5.56 Å². The average Bonchev–Trinajstić information content (AvgIpc) is 2.61. The third-order valence-corrected chi connectivity index (χ3v) is 6.19. The molecule has 1 aromatic carbocycles. The number of likely N-dealkylation sites (N-methyl/N-ethyl adjacent to an activating group) is 1. The Hall–Kier alpha value is -1.19. The van der Waals surface area contributed by atoms with E-state index in [-0.39, 0.29) is 42.8 Å². The van der Waals surface area contributed by atoms with Gasteiger partial charge in [-0.15, -0.1) is 12.4 Å². The predicted octanol–water partition coefficient (Wildman–Crippen LogP) is 0.909. The molecule has 0 bridgehead atoms. The van der Waals surface area contributed by atoms with Crippen molar-refractivity contribution >= 4 is 28.3 Å². The zero-order valence-corrected chi connectivity index (χ0v) is 16.9. The monoisotopic (exact) mass is 405 g/mol. The molecular weight excluding hydrogens is 378 g/mol. The maximum atomic E-state index is 12.7. The highest BCUT2D eigenvalue weighted by atomic mass is 35.5. The third kappa shape index (κ3) is 5.40. The first-order chi connectivity index (χ1) is 11.8. The molecule has 1 heterocycles. The number of carbonyl (C=O) groups is 1. The minimum atomic E-state index is -3.58. The van der Waals surface area contributed by atoms with Crippen molar-refractivity contribution in [2.24, 2.45) is 11.1 Å². The van der Waals surface area contributed by atoms with Gasteiger partial charge >= 0.3 is 0 Å². The van der Waals surface area contributed by atoms with Crippen LogP contribution < -0.4 is 10.5 Å². The Bertz CT molecular complexity index is 688. The molecule has 0 spiro atoms. The lowest BCUT2D eigenvalue weighted by molar-refractivity contribution is -0.145. The van der Waals surface area contributed by atoms with Gasteiger partial charge in [0.15, 0.2) is 0 Å². The topological polar surface area (TPSA) is 102 Å². The molecular formula is C17H28ClN3O4S. The fourth-order valence-corrected chi connectivity index (χ4v) is 3.94. The second-order valence-corrected chi connectivity index (χ2v) is 8.30. The molecule has 3 N–H and O–H groups in total. The first-order valence-corrected chi connectivity index (χ1v) is 9.89. The molecule has 1 aliphatic rings. The molecule has 1 fully saturated rings. The van der Waals surface area contributed by atoms with Crippen LogP contribution in [0.15, 0.2) is 29.2 Å². The number of sulfonamides is 1. The second kappa shape index (κ2) is 9.66. The summed E-state index contributed by atoms with van der Waals surface area (Å²) in [6.45, 7) is 3.65. The lowest BCUT2D eigenvalue weighted by Crippen LogP contribution is -2.51. The summed E-state index contributed by atoms with van der Waals surface area (Å²) >= 11 is 0. The highest BCUT2D eigenvalue weighted by Gasteiger charge is 2.40. The van der Waals surface area contributed by atoms with Crippen molar-refractivity contribution in [3.8, 4) is 0 Å². The fourth-order valence-electron chi connectivity index (χ4n) is 2.92. The van der Waals surface area contributed by atoms with Crippen molar-refractivity contribution in [1.82, 2.24) is 9.62 Å². The lowest BCUT2D eigenvalue weighted by Gasteiger charge is -2.37. The molecule has 0 radical (unpaired) electrons. The summed E-state index contributed by atoms with van der Waals surface area (Å²) < 4.78 is 32.4. The van der Waals surface area contributed by atoms with Crippen molar-refractivity contribution in [3.05, 3.63) is 29.8 Å². The number of nitrogens with two attached hydrogens (primary N) is 1. The molecule has 7 nitrogen and oxygen atoms in total. The highest BCUT2D eigenvalue weighted by molar-refractivity contribution is 7.89. The Morgan fingerprint density at radius 1 is 1.27 bits per heavy atom. The lowest BCUT2D eigenvalue weighted by atomic mass is 9.79. The van der Waals surface area contributed by atoms with Crippen LogP contribution in [0.1, 0.15) is 18.4 Å². The van der Waals surface area contributed by atoms with Crippen LogP contribution in [0.3, 0.4) is 0 Å². The summed E-state index contributed by atoms with van der Waals surface area (Å²) in [5.74, 6) is -0.0483. The van der Waals surface area contributed by atoms with Crippen molar-refractivity contribution in [1.29, 1.82) is 0 Å². The van der Waals surface area contributed by atoms with Gasteiger partial charge in [0.05, 0.1) is 10.3 Å². The van der Waals surface area contributed by atoms with Crippen LogP contribution >= 0.6 is 12.4 Å². The van der Waals surface area contributed by atoms with E-state index in [1.165, 1.54) is 0 Å². The van der Waals surface area contributed by atoms with Crippen LogP contribution in [0.4, 0.5) is 0 Å². The second-order valence-electron chi connectivity index (χ2n) is 6.53. The number of amides is 1. The van der Waals surface area contributed by atoms with E-state index < -0.39 is 15.4 Å². The first kappa shape index (κ1) is 22.9. The Morgan fingerprint density at radius 3 is 2.38 bits per heavy atom. The molecule has 1 aromatic rings. The summed E-state index contributed by atoms with van der Waals surface area (Å²) in [5, 5.41) is 0. The smallest absolute Gasteiger partial charge is 0.240 e. The largest absolute Gasteiger partial charge is 0.381 e. The fraction of sp³-hybridized carbons (Fsp3) is 0.588. The Morgan fingerprint density at radius 2 is 1.85 bits per heavy atom. The van der Waals surface area contributed by atoms with Gasteiger partial charge in [0.2, 0.25) is 15.9 Å². The number of carbonyl (C=O) groups excluding carboxylic acids is 1. The summed E-state index contributed by atoms with van der Waals surface area (Å²) in [6.07, 6.45) is 1.20. The Balaban J connectivity index is 0.00000338. The van der Waals surface area contributed by atoms with Crippen LogP contribution in [0, 0.1) is 12.3 Å². The van der Waals surface area contributed by atoms with Crippen LogP contribution in [-0.4, -0.2) is 59.1 Å². The van der Waals surface area contributed by atoms with Gasteiger partial charge in [0.1, 0.15) is 0 Å². The van der Waals surface area contributed by atoms with Crippen molar-refractivity contribution < 1.29 is 17.9 Å². The number of aryl methyl sites for hydroxylation is 1. The standard InChI is InChI=1S/C17H27N3O4S.ClH/c1-14-3-5-15(6-4-14)25(22,23)19-9-10-20(2)16(21)17(13-18)7-11-24-12-8-17;/h3-6,19H,7-13,18H2,1-2H3;1H. The van der Waals surface area contributed by atoms with Crippen LogP contribution in [-0.2, 0) is 19.6 Å². The summed E-state index contributed by atoms with van der Waals surface area (Å²) in [6, 6.07) is 6.64. The normalized spacial score (nSPS) is 16.6. The van der Waals surface area contributed by atoms with E-state index in [9.17, 15) is 13.2 Å². The van der Waals surface area contributed by atoms with Gasteiger partial charge in [-0.2, -0.15) is 0 Å². The van der Waals surface area contributed by atoms with Gasteiger partial charge in [0, 0.05) is 39.9 Å².